The minimum absolute atomic E-state index is 0.0680. The van der Waals surface area contributed by atoms with Crippen molar-refractivity contribution in [3.05, 3.63) is 60.3 Å². The third kappa shape index (κ3) is 4.79. The maximum absolute atomic E-state index is 13.2. The third-order valence-corrected chi connectivity index (χ3v) is 7.52. The Bertz CT molecular complexity index is 1080. The third-order valence-electron chi connectivity index (χ3n) is 7.52. The van der Waals surface area contributed by atoms with Gasteiger partial charge in [0.15, 0.2) is 0 Å². The summed E-state index contributed by atoms with van der Waals surface area (Å²) in [6.45, 7) is 5.35. The second-order valence-corrected chi connectivity index (χ2v) is 9.68. The van der Waals surface area contributed by atoms with Gasteiger partial charge in [-0.3, -0.25) is 4.90 Å². The van der Waals surface area contributed by atoms with Crippen LogP contribution in [0.15, 0.2) is 54.7 Å². The van der Waals surface area contributed by atoms with Crippen molar-refractivity contribution in [2.75, 3.05) is 29.9 Å². The highest BCUT2D eigenvalue weighted by Crippen LogP contribution is 2.39. The molecule has 3 heterocycles. The second kappa shape index (κ2) is 10.0. The monoisotopic (exact) mass is 444 g/mol. The average molecular weight is 445 g/mol. The molecule has 3 aromatic rings. The SMILES string of the molecule is CCCCN(C(=O)Nc1ccc2[nH]cc(C3CCN4CCCCC4C3)c2c1)c1ccccc1. The van der Waals surface area contributed by atoms with E-state index < -0.39 is 0 Å². The van der Waals surface area contributed by atoms with Gasteiger partial charge in [-0.1, -0.05) is 38.0 Å². The number of nitrogens with one attached hydrogen (secondary N) is 2. The Morgan fingerprint density at radius 1 is 1.12 bits per heavy atom. The lowest BCUT2D eigenvalue weighted by Gasteiger charge is -2.42. The number of benzene rings is 2. The Morgan fingerprint density at radius 2 is 2.00 bits per heavy atom. The molecule has 5 nitrogen and oxygen atoms in total. The van der Waals surface area contributed by atoms with Crippen molar-refractivity contribution >= 4 is 28.3 Å². The van der Waals surface area contributed by atoms with Crippen LogP contribution >= 0.6 is 0 Å². The molecule has 2 amide bonds. The summed E-state index contributed by atoms with van der Waals surface area (Å²) in [7, 11) is 0. The zero-order chi connectivity index (χ0) is 22.6. The number of piperidine rings is 2. The lowest BCUT2D eigenvalue weighted by atomic mass is 9.82. The van der Waals surface area contributed by atoms with Crippen LogP contribution in [0.2, 0.25) is 0 Å². The zero-order valence-electron chi connectivity index (χ0n) is 19.7. The number of para-hydroxylation sites is 1. The fraction of sp³-hybridized carbons (Fsp3) is 0.464. The van der Waals surface area contributed by atoms with Gasteiger partial charge < -0.3 is 15.2 Å². The van der Waals surface area contributed by atoms with Gasteiger partial charge in [-0.25, -0.2) is 4.79 Å². The first kappa shape index (κ1) is 22.0. The predicted molar refractivity (Wildman–Crippen MR) is 137 cm³/mol. The molecular formula is C28H36N4O. The van der Waals surface area contributed by atoms with E-state index in [-0.39, 0.29) is 6.03 Å². The van der Waals surface area contributed by atoms with Crippen molar-refractivity contribution in [1.29, 1.82) is 0 Å². The number of H-pyrrole nitrogens is 1. The summed E-state index contributed by atoms with van der Waals surface area (Å²) < 4.78 is 0. The highest BCUT2D eigenvalue weighted by molar-refractivity contribution is 6.03. The average Bonchev–Trinajstić information content (AvgIpc) is 3.28. The standard InChI is InChI=1S/C28H36N4O/c1-2-3-16-32(23-9-5-4-6-10-23)28(33)30-22-12-13-27-25(19-22)26(20-29-27)21-14-17-31-15-8-7-11-24(31)18-21/h4-6,9-10,12-13,19-21,24,29H,2-3,7-8,11,14-18H2,1H3,(H,30,33). The number of urea groups is 1. The molecule has 0 bridgehead atoms. The Balaban J connectivity index is 1.35. The van der Waals surface area contributed by atoms with Crippen LogP contribution in [-0.2, 0) is 0 Å². The molecule has 2 N–H and O–H groups in total. The maximum Gasteiger partial charge on any atom is 0.326 e. The number of rotatable bonds is 6. The second-order valence-electron chi connectivity index (χ2n) is 9.68. The molecule has 5 rings (SSSR count). The van der Waals surface area contributed by atoms with E-state index in [2.05, 4.69) is 40.5 Å². The number of aromatic amines is 1. The van der Waals surface area contributed by atoms with E-state index >= 15 is 0 Å². The lowest BCUT2D eigenvalue weighted by molar-refractivity contribution is 0.0977. The number of nitrogens with zero attached hydrogens (tertiary/aromatic N) is 2. The van der Waals surface area contributed by atoms with Crippen LogP contribution in [0.25, 0.3) is 10.9 Å². The van der Waals surface area contributed by atoms with Crippen LogP contribution < -0.4 is 10.2 Å². The minimum atomic E-state index is -0.0680. The van der Waals surface area contributed by atoms with Crippen LogP contribution in [0, 0.1) is 0 Å². The van der Waals surface area contributed by atoms with E-state index in [4.69, 9.17) is 0 Å². The molecule has 33 heavy (non-hydrogen) atoms. The van der Waals surface area contributed by atoms with Gasteiger partial charge in [-0.2, -0.15) is 0 Å². The van der Waals surface area contributed by atoms with Gasteiger partial charge in [0.1, 0.15) is 0 Å². The van der Waals surface area contributed by atoms with E-state index in [9.17, 15) is 4.79 Å². The van der Waals surface area contributed by atoms with Crippen molar-refractivity contribution in [3.63, 3.8) is 0 Å². The molecule has 2 atom stereocenters. The zero-order valence-corrected chi connectivity index (χ0v) is 19.7. The summed E-state index contributed by atoms with van der Waals surface area (Å²) in [6.07, 6.45) is 10.8. The van der Waals surface area contributed by atoms with Crippen molar-refractivity contribution in [3.8, 4) is 0 Å². The van der Waals surface area contributed by atoms with Gasteiger partial charge in [0.25, 0.3) is 0 Å². The first-order valence-electron chi connectivity index (χ1n) is 12.7. The number of carbonyl (C=O) groups excluding carboxylic acids is 1. The predicted octanol–water partition coefficient (Wildman–Crippen LogP) is 6.74. The Kier molecular flexibility index (Phi) is 6.68. The summed E-state index contributed by atoms with van der Waals surface area (Å²) in [5, 5.41) is 4.42. The van der Waals surface area contributed by atoms with Crippen LogP contribution in [0.3, 0.4) is 0 Å². The number of hydrogen-bond acceptors (Lipinski definition) is 2. The van der Waals surface area contributed by atoms with Gasteiger partial charge in [-0.05, 0) is 87.0 Å². The molecule has 0 aliphatic carbocycles. The summed E-state index contributed by atoms with van der Waals surface area (Å²) in [5.41, 5.74) is 4.36. The quantitative estimate of drug-likeness (QED) is 0.442. The summed E-state index contributed by atoms with van der Waals surface area (Å²) in [4.78, 5) is 21.3. The molecule has 2 aliphatic heterocycles. The molecule has 174 valence electrons. The highest BCUT2D eigenvalue weighted by Gasteiger charge is 2.31. The number of carbonyl (C=O) groups is 1. The smallest absolute Gasteiger partial charge is 0.326 e. The molecule has 2 aromatic carbocycles. The summed E-state index contributed by atoms with van der Waals surface area (Å²) in [5.74, 6) is 0.592. The van der Waals surface area contributed by atoms with Gasteiger partial charge in [-0.15, -0.1) is 0 Å². The van der Waals surface area contributed by atoms with Crippen LogP contribution in [-0.4, -0.2) is 41.6 Å². The summed E-state index contributed by atoms with van der Waals surface area (Å²) >= 11 is 0. The number of anilines is 2. The number of fused-ring (bicyclic) bond motifs is 2. The van der Waals surface area contributed by atoms with Crippen molar-refractivity contribution in [1.82, 2.24) is 9.88 Å². The number of amides is 2. The van der Waals surface area contributed by atoms with Crippen LogP contribution in [0.4, 0.5) is 16.2 Å². The molecule has 2 unspecified atom stereocenters. The molecule has 0 saturated carbocycles. The molecule has 2 saturated heterocycles. The topological polar surface area (TPSA) is 51.4 Å². The fourth-order valence-electron chi connectivity index (χ4n) is 5.69. The first-order valence-corrected chi connectivity index (χ1v) is 12.7. The molecule has 0 radical (unpaired) electrons. The maximum atomic E-state index is 13.2. The van der Waals surface area contributed by atoms with E-state index in [1.807, 2.05) is 41.3 Å². The van der Waals surface area contributed by atoms with Crippen molar-refractivity contribution in [2.45, 2.75) is 63.8 Å². The molecule has 2 fully saturated rings. The number of aromatic nitrogens is 1. The van der Waals surface area contributed by atoms with E-state index in [0.29, 0.717) is 12.5 Å². The first-order chi connectivity index (χ1) is 16.2. The van der Waals surface area contributed by atoms with Gasteiger partial charge in [0, 0.05) is 41.1 Å². The molecule has 1 aromatic heterocycles. The van der Waals surface area contributed by atoms with E-state index in [1.54, 1.807) is 0 Å². The number of unbranched alkanes of at least 4 members (excludes halogenated alkanes) is 1. The van der Waals surface area contributed by atoms with Gasteiger partial charge in [0.2, 0.25) is 0 Å². The van der Waals surface area contributed by atoms with Crippen LogP contribution in [0.1, 0.15) is 63.4 Å². The van der Waals surface area contributed by atoms with Crippen molar-refractivity contribution < 1.29 is 4.79 Å². The van der Waals surface area contributed by atoms with E-state index in [0.717, 1.165) is 35.8 Å². The van der Waals surface area contributed by atoms with Crippen LogP contribution in [0.5, 0.6) is 0 Å². The molecular weight excluding hydrogens is 408 g/mol. The molecule has 0 spiro atoms. The summed E-state index contributed by atoms with van der Waals surface area (Å²) in [6, 6.07) is 16.9. The van der Waals surface area contributed by atoms with E-state index in [1.165, 1.54) is 56.1 Å². The van der Waals surface area contributed by atoms with Gasteiger partial charge >= 0.3 is 6.03 Å². The normalized spacial score (nSPS) is 21.0. The van der Waals surface area contributed by atoms with Gasteiger partial charge in [0.05, 0.1) is 0 Å². The largest absolute Gasteiger partial charge is 0.361 e. The Hall–Kier alpha value is -2.79. The number of hydrogen-bond donors (Lipinski definition) is 2. The minimum Gasteiger partial charge on any atom is -0.361 e. The molecule has 2 aliphatic rings. The van der Waals surface area contributed by atoms with Crippen molar-refractivity contribution in [2.24, 2.45) is 0 Å². The molecule has 5 heteroatoms. The highest BCUT2D eigenvalue weighted by atomic mass is 16.2. The Morgan fingerprint density at radius 3 is 2.85 bits per heavy atom. The Labute approximate surface area is 197 Å². The fourth-order valence-corrected chi connectivity index (χ4v) is 5.69. The lowest BCUT2D eigenvalue weighted by Crippen LogP contribution is -2.44.